The van der Waals surface area contributed by atoms with E-state index in [9.17, 15) is 0 Å². The summed E-state index contributed by atoms with van der Waals surface area (Å²) in [5.41, 5.74) is 0. The summed E-state index contributed by atoms with van der Waals surface area (Å²) in [6, 6.07) is 10.9. The Kier molecular flexibility index (Phi) is 8.40. The molecule has 1 aliphatic rings. The van der Waals surface area contributed by atoms with Crippen molar-refractivity contribution < 1.29 is 4.74 Å². The Hall–Kier alpha value is -1.02. The third-order valence-corrected chi connectivity index (χ3v) is 4.90. The van der Waals surface area contributed by atoms with Gasteiger partial charge in [-0.1, -0.05) is 69.6 Å². The highest BCUT2D eigenvalue weighted by Gasteiger charge is 2.14. The SMILES string of the molecule is CN(CCOc1ccccc1)C1CCCCCCCCCC1. The summed E-state index contributed by atoms with van der Waals surface area (Å²) < 4.78 is 5.85. The Balaban J connectivity index is 1.71. The van der Waals surface area contributed by atoms with Crippen molar-refractivity contribution >= 4 is 0 Å². The molecule has 0 bridgehead atoms. The van der Waals surface area contributed by atoms with Gasteiger partial charge in [0.2, 0.25) is 0 Å². The smallest absolute Gasteiger partial charge is 0.119 e. The number of hydrogen-bond donors (Lipinski definition) is 0. The second-order valence-electron chi connectivity index (χ2n) is 6.70. The highest BCUT2D eigenvalue weighted by Crippen LogP contribution is 2.20. The summed E-state index contributed by atoms with van der Waals surface area (Å²) in [4.78, 5) is 2.53. The molecule has 0 aromatic heterocycles. The summed E-state index contributed by atoms with van der Waals surface area (Å²) in [6.07, 6.45) is 14.1. The second kappa shape index (κ2) is 10.7. The fourth-order valence-electron chi connectivity index (χ4n) is 3.41. The van der Waals surface area contributed by atoms with Gasteiger partial charge in [0.15, 0.2) is 0 Å². The minimum Gasteiger partial charge on any atom is -0.492 e. The number of para-hydroxylation sites is 1. The molecule has 0 unspecified atom stereocenters. The standard InChI is InChI=1S/C20H33NO/c1-21(17-18-22-20-15-11-8-12-16-20)19-13-9-6-4-2-3-5-7-10-14-19/h8,11-12,15-16,19H,2-7,9-10,13-14,17-18H2,1H3. The molecule has 1 aromatic rings. The van der Waals surface area contributed by atoms with Crippen molar-refractivity contribution in [2.45, 2.75) is 70.3 Å². The summed E-state index contributed by atoms with van der Waals surface area (Å²) >= 11 is 0. The first-order valence-corrected chi connectivity index (χ1v) is 9.24. The van der Waals surface area contributed by atoms with Gasteiger partial charge in [0.05, 0.1) is 0 Å². The fraction of sp³-hybridized carbons (Fsp3) is 0.700. The van der Waals surface area contributed by atoms with Crippen LogP contribution in [0, 0.1) is 0 Å². The minimum absolute atomic E-state index is 0.748. The highest BCUT2D eigenvalue weighted by molar-refractivity contribution is 5.20. The van der Waals surface area contributed by atoms with E-state index >= 15 is 0 Å². The molecule has 1 aromatic carbocycles. The summed E-state index contributed by atoms with van der Waals surface area (Å²) in [5, 5.41) is 0. The van der Waals surface area contributed by atoms with Gasteiger partial charge in [-0.05, 0) is 32.0 Å². The molecule has 0 spiro atoms. The second-order valence-corrected chi connectivity index (χ2v) is 6.70. The monoisotopic (exact) mass is 303 g/mol. The highest BCUT2D eigenvalue weighted by atomic mass is 16.5. The Morgan fingerprint density at radius 3 is 2.00 bits per heavy atom. The van der Waals surface area contributed by atoms with E-state index in [1.807, 2.05) is 30.3 Å². The molecule has 0 amide bonds. The fourth-order valence-corrected chi connectivity index (χ4v) is 3.41. The lowest BCUT2D eigenvalue weighted by molar-refractivity contribution is 0.172. The van der Waals surface area contributed by atoms with Crippen molar-refractivity contribution in [2.75, 3.05) is 20.2 Å². The number of likely N-dealkylation sites (N-methyl/N-ethyl adjacent to an activating group) is 1. The molecular formula is C20H33NO. The molecular weight excluding hydrogens is 270 g/mol. The van der Waals surface area contributed by atoms with Crippen LogP contribution in [0.1, 0.15) is 64.2 Å². The van der Waals surface area contributed by atoms with Crippen LogP contribution in [0.5, 0.6) is 5.75 Å². The zero-order chi connectivity index (χ0) is 15.5. The molecule has 2 rings (SSSR count). The van der Waals surface area contributed by atoms with Crippen LogP contribution in [0.15, 0.2) is 30.3 Å². The molecule has 0 heterocycles. The Labute approximate surface area is 136 Å². The first-order chi connectivity index (χ1) is 10.9. The van der Waals surface area contributed by atoms with E-state index in [4.69, 9.17) is 4.74 Å². The Morgan fingerprint density at radius 1 is 0.864 bits per heavy atom. The van der Waals surface area contributed by atoms with Crippen LogP contribution in [0.4, 0.5) is 0 Å². The molecule has 2 nitrogen and oxygen atoms in total. The number of nitrogens with zero attached hydrogens (tertiary/aromatic N) is 1. The largest absolute Gasteiger partial charge is 0.492 e. The molecule has 0 radical (unpaired) electrons. The lowest BCUT2D eigenvalue weighted by Crippen LogP contribution is -2.35. The van der Waals surface area contributed by atoms with Crippen molar-refractivity contribution in [3.8, 4) is 5.75 Å². The molecule has 0 saturated heterocycles. The predicted octanol–water partition coefficient (Wildman–Crippen LogP) is 5.28. The van der Waals surface area contributed by atoms with Crippen LogP contribution >= 0.6 is 0 Å². The van der Waals surface area contributed by atoms with Gasteiger partial charge < -0.3 is 9.64 Å². The molecule has 2 heteroatoms. The third-order valence-electron chi connectivity index (χ3n) is 4.90. The molecule has 124 valence electrons. The van der Waals surface area contributed by atoms with Gasteiger partial charge in [-0.3, -0.25) is 0 Å². The van der Waals surface area contributed by atoms with Gasteiger partial charge in [0.25, 0.3) is 0 Å². The van der Waals surface area contributed by atoms with Crippen LogP contribution in [0.2, 0.25) is 0 Å². The van der Waals surface area contributed by atoms with Gasteiger partial charge in [-0.25, -0.2) is 0 Å². The zero-order valence-corrected chi connectivity index (χ0v) is 14.3. The molecule has 0 atom stereocenters. The van der Waals surface area contributed by atoms with E-state index in [-0.39, 0.29) is 0 Å². The van der Waals surface area contributed by atoms with Gasteiger partial charge in [-0.15, -0.1) is 0 Å². The van der Waals surface area contributed by atoms with Crippen molar-refractivity contribution in [2.24, 2.45) is 0 Å². The third kappa shape index (κ3) is 6.83. The van der Waals surface area contributed by atoms with E-state index in [0.29, 0.717) is 0 Å². The number of benzene rings is 1. The summed E-state index contributed by atoms with van der Waals surface area (Å²) in [5.74, 6) is 0.985. The average molecular weight is 303 g/mol. The molecule has 1 aliphatic carbocycles. The Morgan fingerprint density at radius 2 is 1.41 bits per heavy atom. The van der Waals surface area contributed by atoms with Crippen molar-refractivity contribution in [3.63, 3.8) is 0 Å². The Bertz CT molecular complexity index is 367. The molecule has 0 aliphatic heterocycles. The molecule has 0 N–H and O–H groups in total. The minimum atomic E-state index is 0.748. The maximum atomic E-state index is 5.85. The summed E-state index contributed by atoms with van der Waals surface area (Å²) in [6.45, 7) is 1.82. The van der Waals surface area contributed by atoms with Crippen molar-refractivity contribution in [3.05, 3.63) is 30.3 Å². The van der Waals surface area contributed by atoms with E-state index in [2.05, 4.69) is 11.9 Å². The first kappa shape index (κ1) is 17.3. The number of ether oxygens (including phenoxy) is 1. The van der Waals surface area contributed by atoms with Crippen LogP contribution in [-0.4, -0.2) is 31.1 Å². The maximum Gasteiger partial charge on any atom is 0.119 e. The number of rotatable bonds is 5. The van der Waals surface area contributed by atoms with E-state index in [0.717, 1.165) is 24.9 Å². The van der Waals surface area contributed by atoms with E-state index in [1.165, 1.54) is 64.2 Å². The van der Waals surface area contributed by atoms with Crippen LogP contribution in [-0.2, 0) is 0 Å². The quantitative estimate of drug-likeness (QED) is 0.733. The maximum absolute atomic E-state index is 5.85. The van der Waals surface area contributed by atoms with Gasteiger partial charge in [-0.2, -0.15) is 0 Å². The van der Waals surface area contributed by atoms with Gasteiger partial charge in [0.1, 0.15) is 12.4 Å². The predicted molar refractivity (Wildman–Crippen MR) is 94.5 cm³/mol. The van der Waals surface area contributed by atoms with Crippen molar-refractivity contribution in [1.29, 1.82) is 0 Å². The normalized spacial score (nSPS) is 18.8. The van der Waals surface area contributed by atoms with Crippen LogP contribution < -0.4 is 4.74 Å². The number of hydrogen-bond acceptors (Lipinski definition) is 2. The van der Waals surface area contributed by atoms with Gasteiger partial charge in [0, 0.05) is 12.6 Å². The first-order valence-electron chi connectivity index (χ1n) is 9.24. The van der Waals surface area contributed by atoms with E-state index in [1.54, 1.807) is 0 Å². The van der Waals surface area contributed by atoms with Crippen LogP contribution in [0.3, 0.4) is 0 Å². The topological polar surface area (TPSA) is 12.5 Å². The zero-order valence-electron chi connectivity index (χ0n) is 14.3. The lowest BCUT2D eigenvalue weighted by atomic mass is 10.0. The molecule has 1 fully saturated rings. The molecule has 1 saturated carbocycles. The van der Waals surface area contributed by atoms with E-state index < -0.39 is 0 Å². The lowest BCUT2D eigenvalue weighted by Gasteiger charge is -2.28. The summed E-state index contributed by atoms with van der Waals surface area (Å²) in [7, 11) is 2.28. The van der Waals surface area contributed by atoms with Gasteiger partial charge >= 0.3 is 0 Å². The van der Waals surface area contributed by atoms with Crippen LogP contribution in [0.25, 0.3) is 0 Å². The van der Waals surface area contributed by atoms with Crippen molar-refractivity contribution in [1.82, 2.24) is 4.90 Å². The molecule has 22 heavy (non-hydrogen) atoms. The average Bonchev–Trinajstić information content (AvgIpc) is 2.61.